The molecule has 0 aliphatic carbocycles. The topological polar surface area (TPSA) is 79.8 Å². The number of hydrogen-bond acceptors (Lipinski definition) is 4. The van der Waals surface area contributed by atoms with Crippen LogP contribution in [0.15, 0.2) is 42.5 Å². The Morgan fingerprint density at radius 2 is 1.91 bits per heavy atom. The van der Waals surface area contributed by atoms with Crippen LogP contribution in [0.1, 0.15) is 11.7 Å². The summed E-state index contributed by atoms with van der Waals surface area (Å²) in [6.07, 6.45) is -0.810. The van der Waals surface area contributed by atoms with E-state index in [9.17, 15) is 9.90 Å². The predicted molar refractivity (Wildman–Crippen MR) is 86.0 cm³/mol. The fourth-order valence-corrected chi connectivity index (χ4v) is 2.27. The van der Waals surface area contributed by atoms with Gasteiger partial charge in [0.15, 0.2) is 11.5 Å². The first-order valence-electron chi connectivity index (χ1n) is 7.00. The number of amides is 2. The van der Waals surface area contributed by atoms with Crippen molar-refractivity contribution in [3.63, 3.8) is 0 Å². The van der Waals surface area contributed by atoms with Crippen LogP contribution in [-0.2, 0) is 0 Å². The molecule has 0 fully saturated rings. The minimum absolute atomic E-state index is 0.0814. The van der Waals surface area contributed by atoms with Crippen molar-refractivity contribution in [2.24, 2.45) is 0 Å². The molecule has 6 nitrogen and oxygen atoms in total. The van der Waals surface area contributed by atoms with Gasteiger partial charge < -0.3 is 25.2 Å². The van der Waals surface area contributed by atoms with Gasteiger partial charge in [0.1, 0.15) is 0 Å². The molecular weight excluding hydrogens is 320 g/mol. The monoisotopic (exact) mass is 334 g/mol. The zero-order valence-corrected chi connectivity index (χ0v) is 12.8. The maximum absolute atomic E-state index is 11.9. The molecule has 23 heavy (non-hydrogen) atoms. The van der Waals surface area contributed by atoms with Crippen molar-refractivity contribution in [1.82, 2.24) is 5.32 Å². The Morgan fingerprint density at radius 3 is 2.70 bits per heavy atom. The summed E-state index contributed by atoms with van der Waals surface area (Å²) in [5.74, 6) is 1.23. The molecule has 2 aromatic rings. The summed E-state index contributed by atoms with van der Waals surface area (Å²) in [5.41, 5.74) is 1.26. The molecule has 0 radical (unpaired) electrons. The standard InChI is InChI=1S/C16H15ClN2O4/c17-11-3-1-10(2-4-11)13(20)8-18-16(21)19-12-5-6-14-15(7-12)23-9-22-14/h1-7,13,20H,8-9H2,(H2,18,19,21). The number of carbonyl (C=O) groups excluding carboxylic acids is 1. The van der Waals surface area contributed by atoms with Gasteiger partial charge in [0.05, 0.1) is 6.10 Å². The fourth-order valence-electron chi connectivity index (χ4n) is 2.14. The summed E-state index contributed by atoms with van der Waals surface area (Å²) >= 11 is 5.79. The van der Waals surface area contributed by atoms with Crippen molar-refractivity contribution in [3.05, 3.63) is 53.1 Å². The second-order valence-corrected chi connectivity index (χ2v) is 5.41. The van der Waals surface area contributed by atoms with Crippen molar-refractivity contribution >= 4 is 23.3 Å². The first-order valence-corrected chi connectivity index (χ1v) is 7.37. The molecule has 120 valence electrons. The Hall–Kier alpha value is -2.44. The SMILES string of the molecule is O=C(NCC(O)c1ccc(Cl)cc1)Nc1ccc2c(c1)OCO2. The Balaban J connectivity index is 1.52. The average molecular weight is 335 g/mol. The summed E-state index contributed by atoms with van der Waals surface area (Å²) in [6, 6.07) is 11.5. The molecule has 1 unspecified atom stereocenters. The number of aliphatic hydroxyl groups excluding tert-OH is 1. The van der Waals surface area contributed by atoms with E-state index in [1.165, 1.54) is 0 Å². The van der Waals surface area contributed by atoms with Crippen molar-refractivity contribution in [3.8, 4) is 11.5 Å². The minimum atomic E-state index is -0.810. The lowest BCUT2D eigenvalue weighted by atomic mass is 10.1. The molecule has 0 spiro atoms. The van der Waals surface area contributed by atoms with Crippen molar-refractivity contribution < 1.29 is 19.4 Å². The number of hydrogen-bond donors (Lipinski definition) is 3. The van der Waals surface area contributed by atoms with E-state index >= 15 is 0 Å². The molecule has 1 heterocycles. The van der Waals surface area contributed by atoms with E-state index in [1.807, 2.05) is 0 Å². The van der Waals surface area contributed by atoms with Crippen LogP contribution >= 0.6 is 11.6 Å². The third kappa shape index (κ3) is 3.85. The molecule has 1 aliphatic heterocycles. The van der Waals surface area contributed by atoms with Gasteiger partial charge in [0.25, 0.3) is 0 Å². The number of benzene rings is 2. The van der Waals surface area contributed by atoms with E-state index in [0.29, 0.717) is 27.8 Å². The number of rotatable bonds is 4. The second kappa shape index (κ2) is 6.76. The number of anilines is 1. The summed E-state index contributed by atoms with van der Waals surface area (Å²) in [6.45, 7) is 0.260. The lowest BCUT2D eigenvalue weighted by Crippen LogP contribution is -2.32. The Kier molecular flexibility index (Phi) is 4.55. The van der Waals surface area contributed by atoms with Crippen molar-refractivity contribution in [1.29, 1.82) is 0 Å². The number of ether oxygens (including phenoxy) is 2. The zero-order valence-electron chi connectivity index (χ0n) is 12.1. The Bertz CT molecular complexity index is 706. The fraction of sp³-hybridized carbons (Fsp3) is 0.188. The third-order valence-electron chi connectivity index (χ3n) is 3.34. The molecular formula is C16H15ClN2O4. The van der Waals surface area contributed by atoms with Crippen LogP contribution in [0.2, 0.25) is 5.02 Å². The van der Waals surface area contributed by atoms with Gasteiger partial charge in [-0.2, -0.15) is 0 Å². The largest absolute Gasteiger partial charge is 0.454 e. The highest BCUT2D eigenvalue weighted by Crippen LogP contribution is 2.34. The smallest absolute Gasteiger partial charge is 0.319 e. The van der Waals surface area contributed by atoms with Gasteiger partial charge in [-0.1, -0.05) is 23.7 Å². The van der Waals surface area contributed by atoms with Gasteiger partial charge in [-0.15, -0.1) is 0 Å². The van der Waals surface area contributed by atoms with E-state index in [-0.39, 0.29) is 13.3 Å². The van der Waals surface area contributed by atoms with E-state index < -0.39 is 12.1 Å². The highest BCUT2D eigenvalue weighted by atomic mass is 35.5. The van der Waals surface area contributed by atoms with Crippen LogP contribution in [0.3, 0.4) is 0 Å². The van der Waals surface area contributed by atoms with E-state index in [1.54, 1.807) is 42.5 Å². The van der Waals surface area contributed by atoms with Gasteiger partial charge in [-0.3, -0.25) is 0 Å². The van der Waals surface area contributed by atoms with Crippen molar-refractivity contribution in [2.75, 3.05) is 18.7 Å². The highest BCUT2D eigenvalue weighted by molar-refractivity contribution is 6.30. The number of carbonyl (C=O) groups is 1. The van der Waals surface area contributed by atoms with E-state index in [4.69, 9.17) is 21.1 Å². The van der Waals surface area contributed by atoms with Crippen LogP contribution < -0.4 is 20.1 Å². The van der Waals surface area contributed by atoms with Crippen LogP contribution in [0, 0.1) is 0 Å². The first kappa shape index (κ1) is 15.5. The summed E-state index contributed by atoms with van der Waals surface area (Å²) < 4.78 is 10.4. The Labute approximate surface area is 138 Å². The molecule has 0 saturated heterocycles. The number of aliphatic hydroxyl groups is 1. The van der Waals surface area contributed by atoms with Gasteiger partial charge >= 0.3 is 6.03 Å². The first-order chi connectivity index (χ1) is 11.1. The minimum Gasteiger partial charge on any atom is -0.454 e. The second-order valence-electron chi connectivity index (χ2n) is 4.97. The molecule has 0 bridgehead atoms. The van der Waals surface area contributed by atoms with Crippen LogP contribution in [0.25, 0.3) is 0 Å². The molecule has 1 atom stereocenters. The van der Waals surface area contributed by atoms with Gasteiger partial charge in [0.2, 0.25) is 6.79 Å². The predicted octanol–water partition coefficient (Wildman–Crippen LogP) is 2.92. The number of nitrogens with one attached hydrogen (secondary N) is 2. The quantitative estimate of drug-likeness (QED) is 0.803. The summed E-state index contributed by atoms with van der Waals surface area (Å²) in [7, 11) is 0. The van der Waals surface area contributed by atoms with E-state index in [2.05, 4.69) is 10.6 Å². The maximum Gasteiger partial charge on any atom is 0.319 e. The summed E-state index contributed by atoms with van der Waals surface area (Å²) in [5, 5.41) is 15.9. The number of halogens is 1. The molecule has 0 aromatic heterocycles. The number of urea groups is 1. The average Bonchev–Trinajstić information content (AvgIpc) is 3.01. The Morgan fingerprint density at radius 1 is 1.17 bits per heavy atom. The van der Waals surface area contributed by atoms with Gasteiger partial charge in [-0.25, -0.2) is 4.79 Å². The molecule has 2 aromatic carbocycles. The highest BCUT2D eigenvalue weighted by Gasteiger charge is 2.14. The van der Waals surface area contributed by atoms with Crippen LogP contribution in [0.4, 0.5) is 10.5 Å². The normalized spacial score (nSPS) is 13.5. The van der Waals surface area contributed by atoms with Gasteiger partial charge in [0, 0.05) is 23.3 Å². The van der Waals surface area contributed by atoms with Crippen LogP contribution in [-0.4, -0.2) is 24.5 Å². The lowest BCUT2D eigenvalue weighted by molar-refractivity contribution is 0.174. The molecule has 3 rings (SSSR count). The maximum atomic E-state index is 11.9. The number of fused-ring (bicyclic) bond motifs is 1. The van der Waals surface area contributed by atoms with Crippen molar-refractivity contribution in [2.45, 2.75) is 6.10 Å². The molecule has 1 aliphatic rings. The van der Waals surface area contributed by atoms with Gasteiger partial charge in [-0.05, 0) is 29.8 Å². The van der Waals surface area contributed by atoms with Crippen LogP contribution in [0.5, 0.6) is 11.5 Å². The van der Waals surface area contributed by atoms with E-state index in [0.717, 1.165) is 0 Å². The molecule has 0 saturated carbocycles. The molecule has 2 amide bonds. The molecule has 3 N–H and O–H groups in total. The third-order valence-corrected chi connectivity index (χ3v) is 3.59. The zero-order chi connectivity index (χ0) is 16.2. The molecule has 7 heteroatoms. The lowest BCUT2D eigenvalue weighted by Gasteiger charge is -2.13. The summed E-state index contributed by atoms with van der Waals surface area (Å²) in [4.78, 5) is 11.9.